The molecule has 0 radical (unpaired) electrons. The second-order valence-corrected chi connectivity index (χ2v) is 8.18. The first-order chi connectivity index (χ1) is 15.2. The Hall–Kier alpha value is -3.11. The fourth-order valence-corrected chi connectivity index (χ4v) is 3.61. The van der Waals surface area contributed by atoms with Crippen LogP contribution < -0.4 is 10.3 Å². The summed E-state index contributed by atoms with van der Waals surface area (Å²) in [5, 5.41) is 15.9. The van der Waals surface area contributed by atoms with Crippen molar-refractivity contribution in [2.24, 2.45) is 5.10 Å². The number of nitro benzene ring substituents is 1. The zero-order valence-corrected chi connectivity index (χ0v) is 19.5. The van der Waals surface area contributed by atoms with Crippen LogP contribution in [0.25, 0.3) is 10.9 Å². The summed E-state index contributed by atoms with van der Waals surface area (Å²) in [6.45, 7) is 3.14. The second kappa shape index (κ2) is 10.0. The first-order valence-corrected chi connectivity index (χ1v) is 10.8. The van der Waals surface area contributed by atoms with Gasteiger partial charge in [-0.05, 0) is 30.7 Å². The quantitative estimate of drug-likeness (QED) is 0.144. The van der Waals surface area contributed by atoms with Crippen LogP contribution in [0.15, 0.2) is 44.7 Å². The Morgan fingerprint density at radius 1 is 1.38 bits per heavy atom. The first kappa shape index (κ1) is 23.6. The van der Waals surface area contributed by atoms with Crippen molar-refractivity contribution in [3.05, 3.63) is 71.7 Å². The number of benzene rings is 2. The van der Waals surface area contributed by atoms with Crippen LogP contribution >= 0.6 is 27.5 Å². The molecule has 3 rings (SSSR count). The maximum atomic E-state index is 13.1. The van der Waals surface area contributed by atoms with Gasteiger partial charge in [-0.1, -0.05) is 40.9 Å². The van der Waals surface area contributed by atoms with Gasteiger partial charge in [-0.25, -0.2) is 4.98 Å². The third-order valence-electron chi connectivity index (χ3n) is 4.44. The van der Waals surface area contributed by atoms with Crippen molar-refractivity contribution in [3.8, 4) is 5.75 Å². The van der Waals surface area contributed by atoms with Crippen LogP contribution in [0.3, 0.4) is 0 Å². The Labute approximate surface area is 195 Å². The predicted molar refractivity (Wildman–Crippen MR) is 125 cm³/mol. The molecule has 3 aromatic rings. The predicted octanol–water partition coefficient (Wildman–Crippen LogP) is 4.87. The number of hydrogen-bond acceptors (Lipinski definition) is 7. The molecule has 11 heteroatoms. The monoisotopic (exact) mass is 520 g/mol. The molecule has 0 saturated heterocycles. The maximum Gasteiger partial charge on any atom is 0.313 e. The highest BCUT2D eigenvalue weighted by molar-refractivity contribution is 9.10. The van der Waals surface area contributed by atoms with Gasteiger partial charge in [0.1, 0.15) is 5.82 Å². The standard InChI is InChI=1S/C21H18BrClN4O5/c1-3-4-5-19-25-17-7-6-14(22)10-15(17)21(29)26(19)24-11-13-8-16(23)20(32-12(2)28)18(9-13)27(30)31/h6-11H,3-5H2,1-2H3. The summed E-state index contributed by atoms with van der Waals surface area (Å²) in [6.07, 6.45) is 3.51. The number of aromatic nitrogens is 2. The molecule has 0 amide bonds. The Morgan fingerprint density at radius 2 is 2.12 bits per heavy atom. The van der Waals surface area contributed by atoms with E-state index in [1.165, 1.54) is 17.0 Å². The minimum Gasteiger partial charge on any atom is -0.418 e. The third-order valence-corrected chi connectivity index (χ3v) is 5.21. The number of aryl methyl sites for hydroxylation is 1. The molecule has 0 fully saturated rings. The van der Waals surface area contributed by atoms with E-state index in [2.05, 4.69) is 26.0 Å². The Morgan fingerprint density at radius 3 is 2.78 bits per heavy atom. The Kier molecular flexibility index (Phi) is 7.37. The van der Waals surface area contributed by atoms with Gasteiger partial charge in [0.25, 0.3) is 5.56 Å². The topological polar surface area (TPSA) is 117 Å². The molecule has 9 nitrogen and oxygen atoms in total. The summed E-state index contributed by atoms with van der Waals surface area (Å²) >= 11 is 9.45. The molecule has 0 atom stereocenters. The number of rotatable bonds is 7. The van der Waals surface area contributed by atoms with Crippen molar-refractivity contribution < 1.29 is 14.5 Å². The van der Waals surface area contributed by atoms with Gasteiger partial charge in [0.2, 0.25) is 5.75 Å². The van der Waals surface area contributed by atoms with Crippen LogP contribution in [0.2, 0.25) is 5.02 Å². The van der Waals surface area contributed by atoms with E-state index in [1.54, 1.807) is 18.2 Å². The van der Waals surface area contributed by atoms with Gasteiger partial charge in [0, 0.05) is 29.4 Å². The van der Waals surface area contributed by atoms with E-state index in [-0.39, 0.29) is 21.9 Å². The Bertz CT molecular complexity index is 1310. The second-order valence-electron chi connectivity index (χ2n) is 6.86. The van der Waals surface area contributed by atoms with E-state index in [9.17, 15) is 19.7 Å². The maximum absolute atomic E-state index is 13.1. The van der Waals surface area contributed by atoms with Crippen LogP contribution in [0, 0.1) is 10.1 Å². The van der Waals surface area contributed by atoms with E-state index in [0.717, 1.165) is 30.3 Å². The fourth-order valence-electron chi connectivity index (χ4n) is 2.99. The lowest BCUT2D eigenvalue weighted by atomic mass is 10.2. The molecule has 0 saturated carbocycles. The molecular weight excluding hydrogens is 504 g/mol. The van der Waals surface area contributed by atoms with Crippen LogP contribution in [-0.2, 0) is 11.2 Å². The summed E-state index contributed by atoms with van der Waals surface area (Å²) in [7, 11) is 0. The van der Waals surface area contributed by atoms with Crippen molar-refractivity contribution in [2.45, 2.75) is 33.1 Å². The highest BCUT2D eigenvalue weighted by atomic mass is 79.9. The van der Waals surface area contributed by atoms with Gasteiger partial charge in [-0.3, -0.25) is 19.7 Å². The van der Waals surface area contributed by atoms with Crippen LogP contribution in [0.4, 0.5) is 5.69 Å². The number of nitrogens with zero attached hydrogens (tertiary/aromatic N) is 4. The van der Waals surface area contributed by atoms with Gasteiger partial charge in [0.15, 0.2) is 0 Å². The normalized spacial score (nSPS) is 11.2. The summed E-state index contributed by atoms with van der Waals surface area (Å²) in [5.74, 6) is -0.615. The Balaban J connectivity index is 2.13. The highest BCUT2D eigenvalue weighted by Gasteiger charge is 2.22. The van der Waals surface area contributed by atoms with Crippen LogP contribution in [0.5, 0.6) is 5.75 Å². The lowest BCUT2D eigenvalue weighted by molar-refractivity contribution is -0.385. The molecule has 32 heavy (non-hydrogen) atoms. The smallest absolute Gasteiger partial charge is 0.313 e. The van der Waals surface area contributed by atoms with Crippen molar-refractivity contribution in [1.29, 1.82) is 0 Å². The number of esters is 1. The van der Waals surface area contributed by atoms with E-state index in [4.69, 9.17) is 16.3 Å². The zero-order chi connectivity index (χ0) is 23.4. The number of halogens is 2. The van der Waals surface area contributed by atoms with E-state index in [1.807, 2.05) is 6.92 Å². The van der Waals surface area contributed by atoms with Crippen LogP contribution in [0.1, 0.15) is 38.1 Å². The van der Waals surface area contributed by atoms with E-state index >= 15 is 0 Å². The number of fused-ring (bicyclic) bond motifs is 1. The molecular formula is C21H18BrClN4O5. The van der Waals surface area contributed by atoms with Crippen molar-refractivity contribution in [2.75, 3.05) is 0 Å². The molecule has 166 valence electrons. The number of nitro groups is 1. The lowest BCUT2D eigenvalue weighted by Crippen LogP contribution is -2.22. The minimum atomic E-state index is -0.739. The van der Waals surface area contributed by atoms with Gasteiger partial charge in [0.05, 0.1) is 27.1 Å². The first-order valence-electron chi connectivity index (χ1n) is 9.63. The molecule has 0 aliphatic carbocycles. The minimum absolute atomic E-state index is 0.130. The van der Waals surface area contributed by atoms with Crippen molar-refractivity contribution >= 4 is 56.3 Å². The van der Waals surface area contributed by atoms with Crippen molar-refractivity contribution in [1.82, 2.24) is 9.66 Å². The molecule has 0 bridgehead atoms. The van der Waals surface area contributed by atoms with E-state index < -0.39 is 16.6 Å². The largest absolute Gasteiger partial charge is 0.418 e. The number of ether oxygens (including phenoxy) is 1. The zero-order valence-electron chi connectivity index (χ0n) is 17.2. The summed E-state index contributed by atoms with van der Waals surface area (Å²) in [6, 6.07) is 7.74. The summed E-state index contributed by atoms with van der Waals surface area (Å²) in [4.78, 5) is 39.6. The fraction of sp³-hybridized carbons (Fsp3) is 0.238. The molecule has 0 N–H and O–H groups in total. The summed E-state index contributed by atoms with van der Waals surface area (Å²) in [5.41, 5.74) is -0.0514. The highest BCUT2D eigenvalue weighted by Crippen LogP contribution is 2.36. The van der Waals surface area contributed by atoms with E-state index in [0.29, 0.717) is 23.1 Å². The molecule has 0 aliphatic rings. The van der Waals surface area contributed by atoms with Gasteiger partial charge in [-0.2, -0.15) is 9.78 Å². The number of unbranched alkanes of at least 4 members (excludes halogenated alkanes) is 1. The molecule has 1 heterocycles. The van der Waals surface area contributed by atoms with Gasteiger partial charge in [-0.15, -0.1) is 0 Å². The third kappa shape index (κ3) is 5.20. The molecule has 0 aliphatic heterocycles. The molecule has 1 aromatic heterocycles. The molecule has 2 aromatic carbocycles. The number of carbonyl (C=O) groups excluding carboxylic acids is 1. The molecule has 0 unspecified atom stereocenters. The SMILES string of the molecule is CCCCc1nc2ccc(Br)cc2c(=O)n1N=Cc1cc(Cl)c(OC(C)=O)c([N+](=O)[O-])c1. The number of carbonyl (C=O) groups is 1. The van der Waals surface area contributed by atoms with Gasteiger partial charge < -0.3 is 4.74 Å². The summed E-state index contributed by atoms with van der Waals surface area (Å²) < 4.78 is 6.78. The van der Waals surface area contributed by atoms with Gasteiger partial charge >= 0.3 is 11.7 Å². The van der Waals surface area contributed by atoms with Crippen molar-refractivity contribution in [3.63, 3.8) is 0 Å². The van der Waals surface area contributed by atoms with Crippen LogP contribution in [-0.4, -0.2) is 26.8 Å². The average molecular weight is 522 g/mol. The average Bonchev–Trinajstić information content (AvgIpc) is 2.73. The molecule has 0 spiro atoms. The lowest BCUT2D eigenvalue weighted by Gasteiger charge is -2.09. The number of hydrogen-bond donors (Lipinski definition) is 0.